The van der Waals surface area contributed by atoms with Crippen LogP contribution in [0.2, 0.25) is 0 Å². The van der Waals surface area contributed by atoms with Crippen LogP contribution in [-0.2, 0) is 30.8 Å². The van der Waals surface area contributed by atoms with Crippen molar-refractivity contribution in [1.29, 1.82) is 0 Å². The van der Waals surface area contributed by atoms with Crippen molar-refractivity contribution in [2.45, 2.75) is 17.7 Å². The summed E-state index contributed by atoms with van der Waals surface area (Å²) in [5, 5.41) is 0. The Kier molecular flexibility index (Phi) is 7.96. The SMILES string of the molecule is CO[C@@H]1CN(c2ncccc2S(=O)(=O)Nc2ccnc(-c3ccc(CN4CCOCC4)cc3)c2)CCO1. The van der Waals surface area contributed by atoms with E-state index in [0.29, 0.717) is 36.9 Å². The molecule has 3 aromatic rings. The fourth-order valence-corrected chi connectivity index (χ4v) is 5.67. The molecular weight excluding hydrogens is 494 g/mol. The maximum Gasteiger partial charge on any atom is 0.265 e. The lowest BCUT2D eigenvalue weighted by molar-refractivity contribution is -0.128. The van der Waals surface area contributed by atoms with E-state index in [4.69, 9.17) is 14.2 Å². The van der Waals surface area contributed by atoms with Crippen molar-refractivity contribution in [3.8, 4) is 11.3 Å². The third-order valence-electron chi connectivity index (χ3n) is 6.41. The van der Waals surface area contributed by atoms with E-state index in [1.807, 2.05) is 17.0 Å². The second kappa shape index (κ2) is 11.5. The van der Waals surface area contributed by atoms with E-state index in [1.54, 1.807) is 43.8 Å². The molecule has 4 heterocycles. The first-order chi connectivity index (χ1) is 18.0. The van der Waals surface area contributed by atoms with Crippen LogP contribution in [0.5, 0.6) is 0 Å². The van der Waals surface area contributed by atoms with Gasteiger partial charge in [0, 0.05) is 51.2 Å². The van der Waals surface area contributed by atoms with Crippen molar-refractivity contribution in [1.82, 2.24) is 14.9 Å². The molecule has 0 unspecified atom stereocenters. The fourth-order valence-electron chi connectivity index (χ4n) is 4.44. The summed E-state index contributed by atoms with van der Waals surface area (Å²) >= 11 is 0. The molecule has 2 aromatic heterocycles. The molecule has 11 heteroatoms. The Hall–Kier alpha value is -3.09. The standard InChI is InChI=1S/C26H31N5O5S/c1-34-25-19-31(13-16-36-25)26-24(3-2-9-28-26)37(32,33)29-22-8-10-27-23(17-22)21-6-4-20(5-7-21)18-30-11-14-35-15-12-30/h2-10,17,25H,11-16,18-19H2,1H3,(H,27,29)/t25-/m0/s1. The van der Waals surface area contributed by atoms with Gasteiger partial charge in [0.05, 0.1) is 37.7 Å². The number of aromatic nitrogens is 2. The number of sulfonamides is 1. The average molecular weight is 526 g/mol. The second-order valence-electron chi connectivity index (χ2n) is 8.93. The molecule has 196 valence electrons. The van der Waals surface area contributed by atoms with Crippen molar-refractivity contribution in [3.05, 3.63) is 66.5 Å². The lowest BCUT2D eigenvalue weighted by Gasteiger charge is -2.33. The average Bonchev–Trinajstić information content (AvgIpc) is 2.94. The van der Waals surface area contributed by atoms with E-state index < -0.39 is 16.3 Å². The highest BCUT2D eigenvalue weighted by Crippen LogP contribution is 2.28. The Bertz CT molecular complexity index is 1300. The van der Waals surface area contributed by atoms with E-state index in [-0.39, 0.29) is 4.90 Å². The van der Waals surface area contributed by atoms with Crippen LogP contribution in [0.3, 0.4) is 0 Å². The number of nitrogens with one attached hydrogen (secondary N) is 1. The van der Waals surface area contributed by atoms with Crippen molar-refractivity contribution in [2.24, 2.45) is 0 Å². The summed E-state index contributed by atoms with van der Waals surface area (Å²) in [5.74, 6) is 0.366. The maximum atomic E-state index is 13.4. The van der Waals surface area contributed by atoms with Gasteiger partial charge >= 0.3 is 0 Å². The van der Waals surface area contributed by atoms with Gasteiger partial charge in [0.2, 0.25) is 0 Å². The number of anilines is 2. The molecule has 0 radical (unpaired) electrons. The van der Waals surface area contributed by atoms with Crippen molar-refractivity contribution < 1.29 is 22.6 Å². The van der Waals surface area contributed by atoms with E-state index >= 15 is 0 Å². The summed E-state index contributed by atoms with van der Waals surface area (Å²) in [7, 11) is -2.36. The normalized spacial score (nSPS) is 19.1. The monoisotopic (exact) mass is 525 g/mol. The van der Waals surface area contributed by atoms with E-state index in [2.05, 4.69) is 31.7 Å². The Morgan fingerprint density at radius 1 is 1.03 bits per heavy atom. The van der Waals surface area contributed by atoms with E-state index in [0.717, 1.165) is 38.4 Å². The number of morpholine rings is 2. The number of benzene rings is 1. The zero-order valence-corrected chi connectivity index (χ0v) is 21.6. The number of nitrogens with zero attached hydrogens (tertiary/aromatic N) is 4. The topological polar surface area (TPSA) is 106 Å². The van der Waals surface area contributed by atoms with Crippen LogP contribution in [0.4, 0.5) is 11.5 Å². The van der Waals surface area contributed by atoms with Crippen LogP contribution < -0.4 is 9.62 Å². The molecule has 1 atom stereocenters. The molecule has 10 nitrogen and oxygen atoms in total. The molecule has 1 N–H and O–H groups in total. The van der Waals surface area contributed by atoms with Gasteiger partial charge in [-0.15, -0.1) is 0 Å². The van der Waals surface area contributed by atoms with Crippen LogP contribution in [0.25, 0.3) is 11.3 Å². The molecule has 2 fully saturated rings. The van der Waals surface area contributed by atoms with Gasteiger partial charge in [-0.3, -0.25) is 14.6 Å². The van der Waals surface area contributed by atoms with E-state index in [9.17, 15) is 8.42 Å². The summed E-state index contributed by atoms with van der Waals surface area (Å²) in [6.07, 6.45) is 2.74. The molecular formula is C26H31N5O5S. The zero-order valence-electron chi connectivity index (χ0n) is 20.7. The van der Waals surface area contributed by atoms with Gasteiger partial charge in [-0.05, 0) is 29.8 Å². The predicted octanol–water partition coefficient (Wildman–Crippen LogP) is 2.59. The number of hydrogen-bond donors (Lipinski definition) is 1. The summed E-state index contributed by atoms with van der Waals surface area (Å²) in [6, 6.07) is 14.7. The molecule has 0 amide bonds. The predicted molar refractivity (Wildman–Crippen MR) is 140 cm³/mol. The summed E-state index contributed by atoms with van der Waals surface area (Å²) < 4.78 is 45.8. The highest BCUT2D eigenvalue weighted by atomic mass is 32.2. The summed E-state index contributed by atoms with van der Waals surface area (Å²) in [6.45, 7) is 5.60. The minimum Gasteiger partial charge on any atom is -0.379 e. The summed E-state index contributed by atoms with van der Waals surface area (Å²) in [5.41, 5.74) is 3.23. The first kappa shape index (κ1) is 25.6. The van der Waals surface area contributed by atoms with Gasteiger partial charge in [0.25, 0.3) is 10.0 Å². The number of ether oxygens (including phenoxy) is 3. The first-order valence-corrected chi connectivity index (χ1v) is 13.7. The highest BCUT2D eigenvalue weighted by Gasteiger charge is 2.27. The van der Waals surface area contributed by atoms with Gasteiger partial charge in [-0.2, -0.15) is 0 Å². The van der Waals surface area contributed by atoms with Crippen LogP contribution >= 0.6 is 0 Å². The molecule has 2 aliphatic rings. The molecule has 0 spiro atoms. The second-order valence-corrected chi connectivity index (χ2v) is 10.6. The van der Waals surface area contributed by atoms with Gasteiger partial charge in [0.15, 0.2) is 6.29 Å². The first-order valence-electron chi connectivity index (χ1n) is 12.2. The Morgan fingerprint density at radius 3 is 2.62 bits per heavy atom. The molecule has 1 aromatic carbocycles. The molecule has 5 rings (SSSR count). The van der Waals surface area contributed by atoms with Crippen LogP contribution in [0, 0.1) is 0 Å². The van der Waals surface area contributed by atoms with E-state index in [1.165, 1.54) is 5.56 Å². The number of methoxy groups -OCH3 is 1. The molecule has 0 saturated carbocycles. The van der Waals surface area contributed by atoms with Crippen LogP contribution in [-0.4, -0.2) is 82.7 Å². The minimum absolute atomic E-state index is 0.0950. The Labute approximate surface area is 217 Å². The molecule has 2 saturated heterocycles. The van der Waals surface area contributed by atoms with Gasteiger partial charge < -0.3 is 19.1 Å². The number of pyridine rings is 2. The zero-order chi connectivity index (χ0) is 25.7. The van der Waals surface area contributed by atoms with Crippen molar-refractivity contribution in [2.75, 3.05) is 62.7 Å². The van der Waals surface area contributed by atoms with Crippen LogP contribution in [0.15, 0.2) is 65.8 Å². The molecule has 2 aliphatic heterocycles. The molecule has 0 aliphatic carbocycles. The van der Waals surface area contributed by atoms with Gasteiger partial charge in [-0.1, -0.05) is 24.3 Å². The number of rotatable bonds is 8. The molecule has 37 heavy (non-hydrogen) atoms. The summed E-state index contributed by atoms with van der Waals surface area (Å²) in [4.78, 5) is 13.1. The Balaban J connectivity index is 1.32. The largest absolute Gasteiger partial charge is 0.379 e. The van der Waals surface area contributed by atoms with Gasteiger partial charge in [-0.25, -0.2) is 13.4 Å². The van der Waals surface area contributed by atoms with Crippen molar-refractivity contribution >= 4 is 21.5 Å². The highest BCUT2D eigenvalue weighted by molar-refractivity contribution is 7.92. The minimum atomic E-state index is -3.92. The fraction of sp³-hybridized carbons (Fsp3) is 0.385. The lowest BCUT2D eigenvalue weighted by atomic mass is 10.1. The lowest BCUT2D eigenvalue weighted by Crippen LogP contribution is -2.44. The maximum absolute atomic E-state index is 13.4. The van der Waals surface area contributed by atoms with Crippen molar-refractivity contribution in [3.63, 3.8) is 0 Å². The van der Waals surface area contributed by atoms with Gasteiger partial charge in [0.1, 0.15) is 10.7 Å². The third-order valence-corrected chi connectivity index (χ3v) is 7.81. The number of hydrogen-bond acceptors (Lipinski definition) is 9. The third kappa shape index (κ3) is 6.25. The smallest absolute Gasteiger partial charge is 0.265 e. The Morgan fingerprint density at radius 2 is 1.84 bits per heavy atom. The quantitative estimate of drug-likeness (QED) is 0.475. The molecule has 0 bridgehead atoms. The van der Waals surface area contributed by atoms with Crippen LogP contribution in [0.1, 0.15) is 5.56 Å².